The zero-order valence-corrected chi connectivity index (χ0v) is 17.8. The fourth-order valence-electron chi connectivity index (χ4n) is 4.63. The minimum Gasteiger partial charge on any atom is -0.383 e. The quantitative estimate of drug-likeness (QED) is 0.647. The summed E-state index contributed by atoms with van der Waals surface area (Å²) >= 11 is 0. The Morgan fingerprint density at radius 3 is 2.42 bits per heavy atom. The van der Waals surface area contributed by atoms with Crippen molar-refractivity contribution in [2.24, 2.45) is 5.73 Å². The van der Waals surface area contributed by atoms with E-state index in [1.807, 2.05) is 41.3 Å². The standard InChI is InChI=1S/C25H29N5O/c26-12-13-27-22-18-23(28-21-9-5-4-8-20(21)22)29-14-16-30(17-15-29)24(31)25(10-11-25)19-6-2-1-3-7-19/h1-9,18H,10-17,26H2,(H,27,28). The van der Waals surface area contributed by atoms with Crippen molar-refractivity contribution in [3.05, 3.63) is 66.2 Å². The number of anilines is 2. The predicted molar refractivity (Wildman–Crippen MR) is 125 cm³/mol. The Hall–Kier alpha value is -3.12. The molecule has 31 heavy (non-hydrogen) atoms. The van der Waals surface area contributed by atoms with Gasteiger partial charge in [-0.3, -0.25) is 4.79 Å². The fraction of sp³-hybridized carbons (Fsp3) is 0.360. The van der Waals surface area contributed by atoms with E-state index in [-0.39, 0.29) is 11.3 Å². The van der Waals surface area contributed by atoms with Crippen LogP contribution < -0.4 is 16.0 Å². The third kappa shape index (κ3) is 3.72. The maximum atomic E-state index is 13.3. The predicted octanol–water partition coefficient (Wildman–Crippen LogP) is 2.99. The second-order valence-corrected chi connectivity index (χ2v) is 8.49. The zero-order chi connectivity index (χ0) is 21.3. The van der Waals surface area contributed by atoms with Crippen LogP contribution in [0.5, 0.6) is 0 Å². The van der Waals surface area contributed by atoms with E-state index in [9.17, 15) is 4.79 Å². The molecule has 160 valence electrons. The fourth-order valence-corrected chi connectivity index (χ4v) is 4.63. The van der Waals surface area contributed by atoms with Gasteiger partial charge in [0.15, 0.2) is 0 Å². The van der Waals surface area contributed by atoms with E-state index in [1.165, 1.54) is 0 Å². The number of fused-ring (bicyclic) bond motifs is 1. The summed E-state index contributed by atoms with van der Waals surface area (Å²) in [5, 5.41) is 4.54. The third-order valence-corrected chi connectivity index (χ3v) is 6.54. The minimum atomic E-state index is -0.288. The maximum absolute atomic E-state index is 13.3. The monoisotopic (exact) mass is 415 g/mol. The largest absolute Gasteiger partial charge is 0.383 e. The molecule has 3 N–H and O–H groups in total. The summed E-state index contributed by atoms with van der Waals surface area (Å²) < 4.78 is 0. The number of nitrogens with two attached hydrogens (primary N) is 1. The summed E-state index contributed by atoms with van der Waals surface area (Å²) in [6, 6.07) is 20.5. The van der Waals surface area contributed by atoms with Crippen LogP contribution in [-0.4, -0.2) is 55.1 Å². The lowest BCUT2D eigenvalue weighted by molar-refractivity contribution is -0.134. The SMILES string of the molecule is NCCNc1cc(N2CCN(C(=O)C3(c4ccccc4)CC3)CC2)nc2ccccc12. The summed E-state index contributed by atoms with van der Waals surface area (Å²) in [6.07, 6.45) is 1.91. The van der Waals surface area contributed by atoms with E-state index in [1.54, 1.807) is 0 Å². The molecule has 1 aliphatic carbocycles. The Kier molecular flexibility index (Phi) is 5.24. The first-order valence-electron chi connectivity index (χ1n) is 11.1. The van der Waals surface area contributed by atoms with Gasteiger partial charge < -0.3 is 20.9 Å². The molecule has 0 unspecified atom stereocenters. The van der Waals surface area contributed by atoms with E-state index in [2.05, 4.69) is 34.5 Å². The molecule has 0 radical (unpaired) electrons. The van der Waals surface area contributed by atoms with Gasteiger partial charge in [0, 0.05) is 56.4 Å². The summed E-state index contributed by atoms with van der Waals surface area (Å²) in [5.74, 6) is 1.24. The molecule has 1 aliphatic heterocycles. The number of piperazine rings is 1. The molecule has 0 bridgehead atoms. The first-order chi connectivity index (χ1) is 15.2. The number of hydrogen-bond acceptors (Lipinski definition) is 5. The van der Waals surface area contributed by atoms with Crippen molar-refractivity contribution in [2.45, 2.75) is 18.3 Å². The van der Waals surface area contributed by atoms with Crippen molar-refractivity contribution in [3.8, 4) is 0 Å². The number of pyridine rings is 1. The maximum Gasteiger partial charge on any atom is 0.233 e. The van der Waals surface area contributed by atoms with E-state index in [4.69, 9.17) is 10.7 Å². The highest BCUT2D eigenvalue weighted by Gasteiger charge is 2.53. The van der Waals surface area contributed by atoms with E-state index >= 15 is 0 Å². The number of aromatic nitrogens is 1. The molecule has 0 atom stereocenters. The van der Waals surface area contributed by atoms with Gasteiger partial charge in [-0.2, -0.15) is 0 Å². The normalized spacial score (nSPS) is 17.6. The lowest BCUT2D eigenvalue weighted by Gasteiger charge is -2.37. The van der Waals surface area contributed by atoms with Crippen molar-refractivity contribution in [1.82, 2.24) is 9.88 Å². The highest BCUT2D eigenvalue weighted by Crippen LogP contribution is 2.49. The van der Waals surface area contributed by atoms with Crippen LogP contribution in [0, 0.1) is 0 Å². The molecular weight excluding hydrogens is 386 g/mol. The molecule has 2 heterocycles. The van der Waals surface area contributed by atoms with Gasteiger partial charge >= 0.3 is 0 Å². The van der Waals surface area contributed by atoms with Crippen LogP contribution in [0.3, 0.4) is 0 Å². The van der Waals surface area contributed by atoms with E-state index < -0.39 is 0 Å². The molecule has 2 aromatic carbocycles. The van der Waals surface area contributed by atoms with Crippen molar-refractivity contribution < 1.29 is 4.79 Å². The smallest absolute Gasteiger partial charge is 0.233 e. The second-order valence-electron chi connectivity index (χ2n) is 8.49. The topological polar surface area (TPSA) is 74.5 Å². The number of nitrogens with one attached hydrogen (secondary N) is 1. The van der Waals surface area contributed by atoms with Crippen molar-refractivity contribution in [1.29, 1.82) is 0 Å². The molecule has 0 spiro atoms. The van der Waals surface area contributed by atoms with Crippen LogP contribution in [0.2, 0.25) is 0 Å². The molecule has 6 nitrogen and oxygen atoms in total. The van der Waals surface area contributed by atoms with E-state index in [0.29, 0.717) is 6.54 Å². The number of carbonyl (C=O) groups is 1. The number of carbonyl (C=O) groups excluding carboxylic acids is 1. The Balaban J connectivity index is 1.32. The van der Waals surface area contributed by atoms with E-state index in [0.717, 1.165) is 73.5 Å². The highest BCUT2D eigenvalue weighted by molar-refractivity contribution is 5.93. The molecule has 3 aromatic rings. The van der Waals surface area contributed by atoms with Gasteiger partial charge in [-0.05, 0) is 24.5 Å². The Bertz CT molecular complexity index is 1070. The third-order valence-electron chi connectivity index (χ3n) is 6.54. The van der Waals surface area contributed by atoms with Gasteiger partial charge in [0.1, 0.15) is 5.82 Å². The summed E-state index contributed by atoms with van der Waals surface area (Å²) in [4.78, 5) is 22.6. The van der Waals surface area contributed by atoms with Crippen LogP contribution in [0.15, 0.2) is 60.7 Å². The minimum absolute atomic E-state index is 0.287. The average molecular weight is 416 g/mol. The van der Waals surface area contributed by atoms with Crippen molar-refractivity contribution >= 4 is 28.3 Å². The summed E-state index contributed by atoms with van der Waals surface area (Å²) in [5.41, 5.74) is 8.61. The van der Waals surface area contributed by atoms with Crippen molar-refractivity contribution in [2.75, 3.05) is 49.5 Å². The second kappa shape index (κ2) is 8.19. The number of rotatable bonds is 6. The number of hydrogen-bond donors (Lipinski definition) is 2. The number of benzene rings is 2. The number of amides is 1. The molecule has 1 saturated carbocycles. The Morgan fingerprint density at radius 2 is 1.71 bits per heavy atom. The first kappa shape index (κ1) is 19.8. The highest BCUT2D eigenvalue weighted by atomic mass is 16.2. The average Bonchev–Trinajstić information content (AvgIpc) is 3.65. The molecule has 2 fully saturated rings. The molecule has 1 saturated heterocycles. The first-order valence-corrected chi connectivity index (χ1v) is 11.1. The lowest BCUT2D eigenvalue weighted by atomic mass is 9.94. The van der Waals surface area contributed by atoms with Crippen LogP contribution >= 0.6 is 0 Å². The molecule has 5 rings (SSSR count). The molecule has 6 heteroatoms. The zero-order valence-electron chi connectivity index (χ0n) is 17.8. The van der Waals surface area contributed by atoms with Gasteiger partial charge in [0.05, 0.1) is 10.9 Å². The molecular formula is C25H29N5O. The number of nitrogens with zero attached hydrogens (tertiary/aromatic N) is 3. The molecule has 1 aromatic heterocycles. The van der Waals surface area contributed by atoms with Crippen molar-refractivity contribution in [3.63, 3.8) is 0 Å². The van der Waals surface area contributed by atoms with Gasteiger partial charge in [0.2, 0.25) is 5.91 Å². The van der Waals surface area contributed by atoms with Crippen LogP contribution in [0.1, 0.15) is 18.4 Å². The Morgan fingerprint density at radius 1 is 1.00 bits per heavy atom. The summed E-state index contributed by atoms with van der Waals surface area (Å²) in [7, 11) is 0. The van der Waals surface area contributed by atoms with Crippen LogP contribution in [0.4, 0.5) is 11.5 Å². The summed E-state index contributed by atoms with van der Waals surface area (Å²) in [6.45, 7) is 4.34. The number of para-hydroxylation sites is 1. The molecule has 1 amide bonds. The van der Waals surface area contributed by atoms with Crippen LogP contribution in [-0.2, 0) is 10.2 Å². The lowest BCUT2D eigenvalue weighted by Crippen LogP contribution is -2.51. The van der Waals surface area contributed by atoms with Crippen LogP contribution in [0.25, 0.3) is 10.9 Å². The van der Waals surface area contributed by atoms with Gasteiger partial charge in [-0.1, -0.05) is 48.5 Å². The molecule has 2 aliphatic rings. The Labute approximate surface area is 183 Å². The van der Waals surface area contributed by atoms with Gasteiger partial charge in [-0.25, -0.2) is 4.98 Å². The van der Waals surface area contributed by atoms with Gasteiger partial charge in [0.25, 0.3) is 0 Å². The van der Waals surface area contributed by atoms with Gasteiger partial charge in [-0.15, -0.1) is 0 Å².